The third kappa shape index (κ3) is 7.58. The predicted octanol–water partition coefficient (Wildman–Crippen LogP) is 1.25. The third-order valence-electron chi connectivity index (χ3n) is 1.66. The second-order valence-electron chi connectivity index (χ2n) is 3.01. The van der Waals surface area contributed by atoms with Crippen LogP contribution >= 0.6 is 0 Å². The van der Waals surface area contributed by atoms with Crippen molar-refractivity contribution >= 4 is 11.9 Å². The summed E-state index contributed by atoms with van der Waals surface area (Å²) in [5.74, 6) is -0.145. The summed E-state index contributed by atoms with van der Waals surface area (Å²) < 4.78 is 4.74. The molecule has 0 aliphatic heterocycles. The molecule has 0 aliphatic carbocycles. The van der Waals surface area contributed by atoms with E-state index in [0.29, 0.717) is 32.4 Å². The molecular formula is C10H19NO3. The average molecular weight is 201 g/mol. The number of ether oxygens (including phenoxy) is 1. The van der Waals surface area contributed by atoms with E-state index in [4.69, 9.17) is 4.74 Å². The van der Waals surface area contributed by atoms with Gasteiger partial charge in [0.1, 0.15) is 0 Å². The molecule has 0 radical (unpaired) electrons. The Labute approximate surface area is 85.0 Å². The van der Waals surface area contributed by atoms with E-state index >= 15 is 0 Å². The Morgan fingerprint density at radius 3 is 2.50 bits per heavy atom. The molecule has 0 heterocycles. The van der Waals surface area contributed by atoms with Crippen LogP contribution in [0.3, 0.4) is 0 Å². The molecule has 0 saturated heterocycles. The minimum absolute atomic E-state index is 0.0522. The third-order valence-corrected chi connectivity index (χ3v) is 1.66. The van der Waals surface area contributed by atoms with E-state index < -0.39 is 0 Å². The summed E-state index contributed by atoms with van der Waals surface area (Å²) in [5, 5.41) is 2.73. The first-order valence-corrected chi connectivity index (χ1v) is 5.13. The maximum atomic E-state index is 11.0. The van der Waals surface area contributed by atoms with E-state index in [2.05, 4.69) is 5.32 Å². The van der Waals surface area contributed by atoms with Crippen molar-refractivity contribution in [2.24, 2.45) is 0 Å². The van der Waals surface area contributed by atoms with Crippen molar-refractivity contribution < 1.29 is 14.3 Å². The van der Waals surface area contributed by atoms with E-state index in [1.165, 1.54) is 0 Å². The minimum atomic E-state index is -0.197. The van der Waals surface area contributed by atoms with Crippen LogP contribution in [0.1, 0.15) is 39.5 Å². The summed E-state index contributed by atoms with van der Waals surface area (Å²) in [4.78, 5) is 21.9. The molecule has 0 atom stereocenters. The quantitative estimate of drug-likeness (QED) is 0.498. The van der Waals surface area contributed by atoms with E-state index in [1.807, 2.05) is 6.92 Å². The maximum Gasteiger partial charge on any atom is 0.305 e. The number of carbonyl (C=O) groups is 2. The molecule has 1 amide bonds. The van der Waals surface area contributed by atoms with Gasteiger partial charge >= 0.3 is 5.97 Å². The van der Waals surface area contributed by atoms with E-state index in [9.17, 15) is 9.59 Å². The zero-order valence-corrected chi connectivity index (χ0v) is 8.97. The highest BCUT2D eigenvalue weighted by molar-refractivity contribution is 5.75. The van der Waals surface area contributed by atoms with Gasteiger partial charge in [0.15, 0.2) is 0 Å². The number of rotatable bonds is 7. The van der Waals surface area contributed by atoms with Gasteiger partial charge in [-0.15, -0.1) is 0 Å². The molecule has 0 saturated carbocycles. The van der Waals surface area contributed by atoms with E-state index in [1.54, 1.807) is 6.92 Å². The molecule has 0 aromatic carbocycles. The van der Waals surface area contributed by atoms with Gasteiger partial charge in [0.05, 0.1) is 6.61 Å². The van der Waals surface area contributed by atoms with Gasteiger partial charge < -0.3 is 10.1 Å². The summed E-state index contributed by atoms with van der Waals surface area (Å²) in [6.45, 7) is 4.71. The van der Waals surface area contributed by atoms with Crippen LogP contribution in [0.25, 0.3) is 0 Å². The average Bonchev–Trinajstić information content (AvgIpc) is 2.13. The van der Waals surface area contributed by atoms with Crippen molar-refractivity contribution in [2.75, 3.05) is 13.2 Å². The fourth-order valence-electron chi connectivity index (χ4n) is 1.01. The van der Waals surface area contributed by atoms with Crippen LogP contribution in [0.5, 0.6) is 0 Å². The van der Waals surface area contributed by atoms with Gasteiger partial charge in [-0.3, -0.25) is 9.59 Å². The molecule has 14 heavy (non-hydrogen) atoms. The highest BCUT2D eigenvalue weighted by Gasteiger charge is 2.02. The van der Waals surface area contributed by atoms with Crippen molar-refractivity contribution in [3.8, 4) is 0 Å². The first-order valence-electron chi connectivity index (χ1n) is 5.13. The van der Waals surface area contributed by atoms with Crippen molar-refractivity contribution in [3.63, 3.8) is 0 Å². The standard InChI is InChI=1S/C10H19NO3/c1-3-6-9(12)11-8-5-7-10(13)14-4-2/h3-8H2,1-2H3,(H,11,12). The van der Waals surface area contributed by atoms with Crippen LogP contribution in [0.2, 0.25) is 0 Å². The first-order chi connectivity index (χ1) is 6.70. The molecule has 82 valence electrons. The molecule has 1 N–H and O–H groups in total. The monoisotopic (exact) mass is 201 g/mol. The lowest BCUT2D eigenvalue weighted by atomic mass is 10.3. The van der Waals surface area contributed by atoms with Crippen LogP contribution in [0.15, 0.2) is 0 Å². The Morgan fingerprint density at radius 2 is 1.93 bits per heavy atom. The maximum absolute atomic E-state index is 11.0. The van der Waals surface area contributed by atoms with Crippen LogP contribution in [-0.4, -0.2) is 25.0 Å². The van der Waals surface area contributed by atoms with Gasteiger partial charge in [-0.2, -0.15) is 0 Å². The molecule has 0 unspecified atom stereocenters. The predicted molar refractivity (Wildman–Crippen MR) is 53.8 cm³/mol. The fraction of sp³-hybridized carbons (Fsp3) is 0.800. The van der Waals surface area contributed by atoms with Crippen LogP contribution in [0, 0.1) is 0 Å². The summed E-state index contributed by atoms with van der Waals surface area (Å²) in [6.07, 6.45) is 2.43. The van der Waals surface area contributed by atoms with Crippen molar-refractivity contribution in [3.05, 3.63) is 0 Å². The Bertz CT molecular complexity index is 160. The van der Waals surface area contributed by atoms with Crippen molar-refractivity contribution in [1.82, 2.24) is 5.32 Å². The zero-order valence-electron chi connectivity index (χ0n) is 8.97. The molecule has 4 heteroatoms. The van der Waals surface area contributed by atoms with E-state index in [-0.39, 0.29) is 11.9 Å². The molecule has 0 rings (SSSR count). The fourth-order valence-corrected chi connectivity index (χ4v) is 1.01. The number of nitrogens with one attached hydrogen (secondary N) is 1. The highest BCUT2D eigenvalue weighted by Crippen LogP contribution is 1.92. The number of esters is 1. The van der Waals surface area contributed by atoms with Crippen molar-refractivity contribution in [1.29, 1.82) is 0 Å². The summed E-state index contributed by atoms with van der Waals surface area (Å²) in [5.41, 5.74) is 0. The second kappa shape index (κ2) is 8.53. The topological polar surface area (TPSA) is 55.4 Å². The van der Waals surface area contributed by atoms with Gasteiger partial charge in [-0.05, 0) is 19.8 Å². The molecule has 0 aliphatic rings. The first kappa shape index (κ1) is 12.9. The van der Waals surface area contributed by atoms with Gasteiger partial charge in [-0.25, -0.2) is 0 Å². The molecular weight excluding hydrogens is 182 g/mol. The van der Waals surface area contributed by atoms with Crippen LogP contribution < -0.4 is 5.32 Å². The lowest BCUT2D eigenvalue weighted by molar-refractivity contribution is -0.143. The zero-order chi connectivity index (χ0) is 10.8. The molecule has 0 fully saturated rings. The highest BCUT2D eigenvalue weighted by atomic mass is 16.5. The number of hydrogen-bond acceptors (Lipinski definition) is 3. The Hall–Kier alpha value is -1.06. The van der Waals surface area contributed by atoms with Gasteiger partial charge in [0.25, 0.3) is 0 Å². The molecule has 0 bridgehead atoms. The van der Waals surface area contributed by atoms with E-state index in [0.717, 1.165) is 6.42 Å². The number of amides is 1. The molecule has 0 aromatic rings. The summed E-state index contributed by atoms with van der Waals surface area (Å²) in [7, 11) is 0. The lowest BCUT2D eigenvalue weighted by Crippen LogP contribution is -2.24. The molecule has 0 aromatic heterocycles. The SMILES string of the molecule is CCCC(=O)NCCCC(=O)OCC. The van der Waals surface area contributed by atoms with Gasteiger partial charge in [0, 0.05) is 19.4 Å². The van der Waals surface area contributed by atoms with Gasteiger partial charge in [0.2, 0.25) is 5.91 Å². The Balaban J connectivity index is 3.28. The molecule has 4 nitrogen and oxygen atoms in total. The van der Waals surface area contributed by atoms with Gasteiger partial charge in [-0.1, -0.05) is 6.92 Å². The normalized spacial score (nSPS) is 9.57. The summed E-state index contributed by atoms with van der Waals surface area (Å²) >= 11 is 0. The smallest absolute Gasteiger partial charge is 0.305 e. The lowest BCUT2D eigenvalue weighted by Gasteiger charge is -2.03. The van der Waals surface area contributed by atoms with Crippen molar-refractivity contribution in [2.45, 2.75) is 39.5 Å². The minimum Gasteiger partial charge on any atom is -0.466 e. The Morgan fingerprint density at radius 1 is 1.21 bits per heavy atom. The number of hydrogen-bond donors (Lipinski definition) is 1. The largest absolute Gasteiger partial charge is 0.466 e. The van der Waals surface area contributed by atoms with Crippen LogP contribution in [-0.2, 0) is 14.3 Å². The second-order valence-corrected chi connectivity index (χ2v) is 3.01. The number of carbonyl (C=O) groups excluding carboxylic acids is 2. The summed E-state index contributed by atoms with van der Waals surface area (Å²) in [6, 6.07) is 0. The molecule has 0 spiro atoms. The van der Waals surface area contributed by atoms with Crippen LogP contribution in [0.4, 0.5) is 0 Å². The Kier molecular flexibility index (Phi) is 7.89.